The standard InChI is InChI=1S/C12H24O2/c1-4-5-6-7-8-12-13-9-10(2)11(3)14-12/h10-12H,4-9H2,1-3H3/t10-,11+,12+/m1/s1. The predicted molar refractivity (Wildman–Crippen MR) is 58.2 cm³/mol. The smallest absolute Gasteiger partial charge is 0.157 e. The maximum atomic E-state index is 5.76. The Hall–Kier alpha value is -0.0800. The summed E-state index contributed by atoms with van der Waals surface area (Å²) < 4.78 is 11.4. The van der Waals surface area contributed by atoms with E-state index < -0.39 is 0 Å². The van der Waals surface area contributed by atoms with E-state index >= 15 is 0 Å². The van der Waals surface area contributed by atoms with Crippen LogP contribution in [-0.4, -0.2) is 19.0 Å². The van der Waals surface area contributed by atoms with Crippen molar-refractivity contribution < 1.29 is 9.47 Å². The molecule has 14 heavy (non-hydrogen) atoms. The molecule has 2 heteroatoms. The van der Waals surface area contributed by atoms with E-state index in [1.165, 1.54) is 25.7 Å². The van der Waals surface area contributed by atoms with Crippen LogP contribution in [0.3, 0.4) is 0 Å². The molecular weight excluding hydrogens is 176 g/mol. The molecule has 0 unspecified atom stereocenters. The molecule has 84 valence electrons. The zero-order valence-corrected chi connectivity index (χ0v) is 9.79. The van der Waals surface area contributed by atoms with Gasteiger partial charge in [-0.05, 0) is 19.8 Å². The Morgan fingerprint density at radius 3 is 2.57 bits per heavy atom. The molecular formula is C12H24O2. The normalized spacial score (nSPS) is 33.2. The highest BCUT2D eigenvalue weighted by Crippen LogP contribution is 2.21. The van der Waals surface area contributed by atoms with Crippen molar-refractivity contribution >= 4 is 0 Å². The van der Waals surface area contributed by atoms with E-state index in [2.05, 4.69) is 20.8 Å². The zero-order chi connectivity index (χ0) is 10.4. The molecule has 0 spiro atoms. The Bertz CT molecular complexity index is 147. The molecule has 0 aromatic carbocycles. The lowest BCUT2D eigenvalue weighted by molar-refractivity contribution is -0.231. The van der Waals surface area contributed by atoms with Gasteiger partial charge in [0, 0.05) is 5.92 Å². The van der Waals surface area contributed by atoms with E-state index in [0.29, 0.717) is 12.0 Å². The van der Waals surface area contributed by atoms with Gasteiger partial charge in [0.15, 0.2) is 6.29 Å². The highest BCUT2D eigenvalue weighted by Gasteiger charge is 2.24. The summed E-state index contributed by atoms with van der Waals surface area (Å²) in [6, 6.07) is 0. The summed E-state index contributed by atoms with van der Waals surface area (Å²) in [4.78, 5) is 0. The van der Waals surface area contributed by atoms with Crippen LogP contribution in [0.1, 0.15) is 52.9 Å². The molecule has 1 heterocycles. The molecule has 0 radical (unpaired) electrons. The minimum Gasteiger partial charge on any atom is -0.352 e. The second-order valence-corrected chi connectivity index (χ2v) is 4.43. The van der Waals surface area contributed by atoms with Gasteiger partial charge in [-0.2, -0.15) is 0 Å². The van der Waals surface area contributed by atoms with Gasteiger partial charge in [-0.3, -0.25) is 0 Å². The third-order valence-corrected chi connectivity index (χ3v) is 3.01. The largest absolute Gasteiger partial charge is 0.352 e. The van der Waals surface area contributed by atoms with Gasteiger partial charge in [0.2, 0.25) is 0 Å². The minimum atomic E-state index is 0.0676. The molecule has 1 aliphatic heterocycles. The predicted octanol–water partition coefficient (Wildman–Crippen LogP) is 3.35. The lowest BCUT2D eigenvalue weighted by Crippen LogP contribution is -2.36. The molecule has 0 aromatic rings. The van der Waals surface area contributed by atoms with Gasteiger partial charge in [-0.1, -0.05) is 33.1 Å². The van der Waals surface area contributed by atoms with Crippen LogP contribution >= 0.6 is 0 Å². The van der Waals surface area contributed by atoms with Gasteiger partial charge < -0.3 is 9.47 Å². The summed E-state index contributed by atoms with van der Waals surface area (Å²) in [6.45, 7) is 7.42. The summed E-state index contributed by atoms with van der Waals surface area (Å²) in [7, 11) is 0. The summed E-state index contributed by atoms with van der Waals surface area (Å²) in [5.41, 5.74) is 0. The van der Waals surface area contributed by atoms with Gasteiger partial charge in [-0.25, -0.2) is 0 Å². The molecule has 3 atom stereocenters. The summed E-state index contributed by atoms with van der Waals surface area (Å²) in [5, 5.41) is 0. The molecule has 0 aromatic heterocycles. The topological polar surface area (TPSA) is 18.5 Å². The molecule has 2 nitrogen and oxygen atoms in total. The van der Waals surface area contributed by atoms with Crippen LogP contribution < -0.4 is 0 Å². The van der Waals surface area contributed by atoms with Crippen molar-refractivity contribution in [2.24, 2.45) is 5.92 Å². The molecule has 1 rings (SSSR count). The molecule has 0 N–H and O–H groups in total. The Morgan fingerprint density at radius 1 is 1.14 bits per heavy atom. The van der Waals surface area contributed by atoms with Crippen molar-refractivity contribution in [2.75, 3.05) is 6.61 Å². The third-order valence-electron chi connectivity index (χ3n) is 3.01. The number of hydrogen-bond donors (Lipinski definition) is 0. The fraction of sp³-hybridized carbons (Fsp3) is 1.00. The number of unbranched alkanes of at least 4 members (excludes halogenated alkanes) is 3. The van der Waals surface area contributed by atoms with E-state index in [1.54, 1.807) is 0 Å². The van der Waals surface area contributed by atoms with Crippen LogP contribution in [0.5, 0.6) is 0 Å². The fourth-order valence-electron chi connectivity index (χ4n) is 1.70. The van der Waals surface area contributed by atoms with E-state index in [9.17, 15) is 0 Å². The quantitative estimate of drug-likeness (QED) is 0.634. The van der Waals surface area contributed by atoms with Crippen molar-refractivity contribution in [2.45, 2.75) is 65.3 Å². The maximum Gasteiger partial charge on any atom is 0.157 e. The first kappa shape index (κ1) is 12.0. The minimum absolute atomic E-state index is 0.0676. The summed E-state index contributed by atoms with van der Waals surface area (Å²) >= 11 is 0. The van der Waals surface area contributed by atoms with E-state index in [1.807, 2.05) is 0 Å². The number of ether oxygens (including phenoxy) is 2. The highest BCUT2D eigenvalue weighted by atomic mass is 16.7. The van der Waals surface area contributed by atoms with Gasteiger partial charge in [-0.15, -0.1) is 0 Å². The maximum absolute atomic E-state index is 5.76. The Morgan fingerprint density at radius 2 is 1.93 bits per heavy atom. The van der Waals surface area contributed by atoms with E-state index in [4.69, 9.17) is 9.47 Å². The number of rotatable bonds is 5. The monoisotopic (exact) mass is 200 g/mol. The van der Waals surface area contributed by atoms with Crippen LogP contribution in [0.4, 0.5) is 0 Å². The van der Waals surface area contributed by atoms with Gasteiger partial charge >= 0.3 is 0 Å². The van der Waals surface area contributed by atoms with Gasteiger partial charge in [0.25, 0.3) is 0 Å². The molecule has 1 aliphatic rings. The van der Waals surface area contributed by atoms with Crippen LogP contribution in [-0.2, 0) is 9.47 Å². The Balaban J connectivity index is 2.07. The average molecular weight is 200 g/mol. The second-order valence-electron chi connectivity index (χ2n) is 4.43. The summed E-state index contributed by atoms with van der Waals surface area (Å²) in [6.07, 6.45) is 6.66. The molecule has 0 amide bonds. The fourth-order valence-corrected chi connectivity index (χ4v) is 1.70. The molecule has 1 fully saturated rings. The highest BCUT2D eigenvalue weighted by molar-refractivity contribution is 4.66. The second kappa shape index (κ2) is 6.41. The van der Waals surface area contributed by atoms with E-state index in [0.717, 1.165) is 13.0 Å². The van der Waals surface area contributed by atoms with Crippen molar-refractivity contribution in [1.29, 1.82) is 0 Å². The van der Waals surface area contributed by atoms with Gasteiger partial charge in [0.05, 0.1) is 12.7 Å². The molecule has 1 saturated heterocycles. The molecule has 0 bridgehead atoms. The zero-order valence-electron chi connectivity index (χ0n) is 9.79. The van der Waals surface area contributed by atoms with Crippen molar-refractivity contribution in [3.63, 3.8) is 0 Å². The van der Waals surface area contributed by atoms with Crippen LogP contribution in [0.2, 0.25) is 0 Å². The molecule has 0 aliphatic carbocycles. The first-order chi connectivity index (χ1) is 6.74. The first-order valence-electron chi connectivity index (χ1n) is 6.01. The number of hydrogen-bond acceptors (Lipinski definition) is 2. The first-order valence-corrected chi connectivity index (χ1v) is 6.01. The van der Waals surface area contributed by atoms with Crippen LogP contribution in [0.15, 0.2) is 0 Å². The lowest BCUT2D eigenvalue weighted by Gasteiger charge is -2.32. The SMILES string of the molecule is CCCCCC[C@H]1OC[C@@H](C)[C@H](C)O1. The van der Waals surface area contributed by atoms with E-state index in [-0.39, 0.29) is 6.29 Å². The van der Waals surface area contributed by atoms with Crippen molar-refractivity contribution in [1.82, 2.24) is 0 Å². The summed E-state index contributed by atoms with van der Waals surface area (Å²) in [5.74, 6) is 0.543. The van der Waals surface area contributed by atoms with Crippen LogP contribution in [0.25, 0.3) is 0 Å². The van der Waals surface area contributed by atoms with Crippen molar-refractivity contribution in [3.05, 3.63) is 0 Å². The van der Waals surface area contributed by atoms with Crippen LogP contribution in [0, 0.1) is 5.92 Å². The third kappa shape index (κ3) is 3.97. The molecule has 0 saturated carbocycles. The average Bonchev–Trinajstić information content (AvgIpc) is 2.18. The van der Waals surface area contributed by atoms with Gasteiger partial charge in [0.1, 0.15) is 0 Å². The Kier molecular flexibility index (Phi) is 5.49. The van der Waals surface area contributed by atoms with Crippen molar-refractivity contribution in [3.8, 4) is 0 Å². The Labute approximate surface area is 88.0 Å². The lowest BCUT2D eigenvalue weighted by atomic mass is 10.1.